The molecule has 7 heteroatoms. The minimum absolute atomic E-state index is 0.315. The Morgan fingerprint density at radius 1 is 1.29 bits per heavy atom. The maximum atomic E-state index is 11.9. The molecule has 0 unspecified atom stereocenters. The Morgan fingerprint density at radius 2 is 2.12 bits per heavy atom. The Kier molecular flexibility index (Phi) is 4.50. The summed E-state index contributed by atoms with van der Waals surface area (Å²) in [5.41, 5.74) is 0.603. The van der Waals surface area contributed by atoms with Crippen molar-refractivity contribution in [1.29, 1.82) is 0 Å². The number of nitrogens with zero attached hydrogens (tertiary/aromatic N) is 2. The van der Waals surface area contributed by atoms with Crippen molar-refractivity contribution in [3.8, 4) is 0 Å². The largest absolute Gasteiger partial charge is 0.259 e. The highest BCUT2D eigenvalue weighted by Gasteiger charge is 2.09. The number of aromatic nitrogens is 2. The number of halogens is 2. The van der Waals surface area contributed by atoms with Crippen molar-refractivity contribution in [3.63, 3.8) is 0 Å². The molecule has 0 N–H and O–H groups in total. The van der Waals surface area contributed by atoms with E-state index in [2.05, 4.69) is 9.97 Å². The second kappa shape index (κ2) is 5.91. The lowest BCUT2D eigenvalue weighted by atomic mass is 10.4. The van der Waals surface area contributed by atoms with Crippen LogP contribution in [0, 0.1) is 0 Å². The van der Waals surface area contributed by atoms with Gasteiger partial charge in [0.05, 0.1) is 27.2 Å². The summed E-state index contributed by atoms with van der Waals surface area (Å²) in [4.78, 5) is 8.16. The zero-order chi connectivity index (χ0) is 12.3. The van der Waals surface area contributed by atoms with E-state index in [-0.39, 0.29) is 0 Å². The van der Waals surface area contributed by atoms with Crippen LogP contribution in [0.5, 0.6) is 0 Å². The van der Waals surface area contributed by atoms with Crippen LogP contribution in [0.2, 0.25) is 10.0 Å². The van der Waals surface area contributed by atoms with Crippen LogP contribution in [0.1, 0.15) is 10.7 Å². The van der Waals surface area contributed by atoms with E-state index in [1.165, 1.54) is 17.5 Å². The van der Waals surface area contributed by atoms with E-state index in [0.29, 0.717) is 27.2 Å². The molecule has 17 heavy (non-hydrogen) atoms. The van der Waals surface area contributed by atoms with Crippen molar-refractivity contribution in [2.75, 3.05) is 0 Å². The van der Waals surface area contributed by atoms with Crippen molar-refractivity contribution in [3.05, 3.63) is 44.6 Å². The first-order valence-corrected chi connectivity index (χ1v) is 7.81. The molecular formula is C10H8Cl2N2OS2. The second-order valence-electron chi connectivity index (χ2n) is 3.24. The Bertz CT molecular complexity index is 531. The summed E-state index contributed by atoms with van der Waals surface area (Å²) in [5, 5.41) is 3.64. The van der Waals surface area contributed by atoms with Crippen molar-refractivity contribution in [2.24, 2.45) is 0 Å². The van der Waals surface area contributed by atoms with Crippen molar-refractivity contribution in [1.82, 2.24) is 9.97 Å². The van der Waals surface area contributed by atoms with Gasteiger partial charge in [-0.25, -0.2) is 4.98 Å². The molecule has 0 fully saturated rings. The van der Waals surface area contributed by atoms with E-state index >= 15 is 0 Å². The molecule has 90 valence electrons. The van der Waals surface area contributed by atoms with Crippen LogP contribution < -0.4 is 0 Å². The van der Waals surface area contributed by atoms with Crippen LogP contribution in [0.3, 0.4) is 0 Å². The van der Waals surface area contributed by atoms with Gasteiger partial charge in [0.2, 0.25) is 0 Å². The van der Waals surface area contributed by atoms with Gasteiger partial charge in [0.25, 0.3) is 0 Å². The van der Waals surface area contributed by atoms with E-state index in [1.54, 1.807) is 12.3 Å². The molecule has 0 bridgehead atoms. The minimum Gasteiger partial charge on any atom is -0.259 e. The normalized spacial score (nSPS) is 12.6. The van der Waals surface area contributed by atoms with E-state index in [4.69, 9.17) is 23.2 Å². The zero-order valence-corrected chi connectivity index (χ0v) is 11.7. The molecule has 0 aliphatic rings. The molecule has 2 aromatic heterocycles. The van der Waals surface area contributed by atoms with Crippen LogP contribution in [0.15, 0.2) is 23.8 Å². The standard InChI is InChI=1S/C10H8Cl2N2OS2/c11-7-3-8(12)9(14-4-7)5-17(15)6-10-13-1-2-16-10/h1-4H,5-6H2/t17-/m1/s1. The van der Waals surface area contributed by atoms with Gasteiger partial charge >= 0.3 is 0 Å². The van der Waals surface area contributed by atoms with E-state index in [9.17, 15) is 4.21 Å². The van der Waals surface area contributed by atoms with Crippen LogP contribution in [-0.2, 0) is 22.3 Å². The smallest absolute Gasteiger partial charge is 0.105 e. The molecule has 2 rings (SSSR count). The summed E-state index contributed by atoms with van der Waals surface area (Å²) in [6, 6.07) is 1.60. The van der Waals surface area contributed by atoms with Gasteiger partial charge in [0, 0.05) is 28.6 Å². The lowest BCUT2D eigenvalue weighted by molar-refractivity contribution is 0.681. The van der Waals surface area contributed by atoms with Gasteiger partial charge in [-0.15, -0.1) is 11.3 Å². The predicted octanol–water partition coefficient (Wildman–Crippen LogP) is 3.29. The first-order valence-electron chi connectivity index (χ1n) is 4.68. The third kappa shape index (κ3) is 3.74. The molecule has 0 amide bonds. The third-order valence-corrected chi connectivity index (χ3v) is 4.64. The molecular weight excluding hydrogens is 299 g/mol. The molecule has 0 aliphatic carbocycles. The van der Waals surface area contributed by atoms with Gasteiger partial charge in [-0.3, -0.25) is 9.19 Å². The van der Waals surface area contributed by atoms with E-state index < -0.39 is 10.8 Å². The van der Waals surface area contributed by atoms with Gasteiger partial charge in [-0.05, 0) is 6.07 Å². The fourth-order valence-electron chi connectivity index (χ4n) is 1.21. The molecule has 0 aromatic carbocycles. The monoisotopic (exact) mass is 306 g/mol. The fraction of sp³-hybridized carbons (Fsp3) is 0.200. The number of thiazole rings is 1. The van der Waals surface area contributed by atoms with E-state index in [1.807, 2.05) is 5.38 Å². The van der Waals surface area contributed by atoms with Gasteiger partial charge in [0.1, 0.15) is 5.01 Å². The van der Waals surface area contributed by atoms with Crippen LogP contribution >= 0.6 is 34.5 Å². The van der Waals surface area contributed by atoms with Gasteiger partial charge in [0.15, 0.2) is 0 Å². The maximum Gasteiger partial charge on any atom is 0.105 e. The Balaban J connectivity index is 2.03. The van der Waals surface area contributed by atoms with Gasteiger partial charge in [-0.2, -0.15) is 0 Å². The van der Waals surface area contributed by atoms with Crippen LogP contribution in [-0.4, -0.2) is 14.2 Å². The Labute approximate surface area is 115 Å². The average molecular weight is 307 g/mol. The quantitative estimate of drug-likeness (QED) is 0.870. The molecule has 1 atom stereocenters. The SMILES string of the molecule is O=[S@@](Cc1nccs1)Cc1ncc(Cl)cc1Cl. The molecule has 0 spiro atoms. The van der Waals surface area contributed by atoms with Crippen molar-refractivity contribution in [2.45, 2.75) is 11.5 Å². The fourth-order valence-corrected chi connectivity index (χ4v) is 3.79. The third-order valence-electron chi connectivity index (χ3n) is 1.95. The van der Waals surface area contributed by atoms with E-state index in [0.717, 1.165) is 5.01 Å². The van der Waals surface area contributed by atoms with Crippen LogP contribution in [0.4, 0.5) is 0 Å². The molecule has 3 nitrogen and oxygen atoms in total. The lowest BCUT2D eigenvalue weighted by Gasteiger charge is -2.03. The summed E-state index contributed by atoms with van der Waals surface area (Å²) >= 11 is 13.2. The first-order chi connectivity index (χ1) is 8.15. The number of rotatable bonds is 4. The summed E-state index contributed by atoms with van der Waals surface area (Å²) in [7, 11) is -1.06. The summed E-state index contributed by atoms with van der Waals surface area (Å²) < 4.78 is 11.9. The molecule has 2 aromatic rings. The second-order valence-corrected chi connectivity index (χ2v) is 6.52. The number of hydrogen-bond acceptors (Lipinski definition) is 4. The maximum absolute atomic E-state index is 11.9. The summed E-state index contributed by atoms with van der Waals surface area (Å²) in [6.45, 7) is 0. The lowest BCUT2D eigenvalue weighted by Crippen LogP contribution is -2.01. The highest BCUT2D eigenvalue weighted by atomic mass is 35.5. The van der Waals surface area contributed by atoms with Crippen molar-refractivity contribution >= 4 is 45.3 Å². The zero-order valence-electron chi connectivity index (χ0n) is 8.60. The summed E-state index contributed by atoms with van der Waals surface area (Å²) in [5.74, 6) is 0.744. The Morgan fingerprint density at radius 3 is 2.76 bits per heavy atom. The topological polar surface area (TPSA) is 42.9 Å². The molecule has 2 heterocycles. The average Bonchev–Trinajstić information content (AvgIpc) is 2.75. The first kappa shape index (κ1) is 13.0. The Hall–Kier alpha value is -0.490. The van der Waals surface area contributed by atoms with Crippen LogP contribution in [0.25, 0.3) is 0 Å². The summed E-state index contributed by atoms with van der Waals surface area (Å²) in [6.07, 6.45) is 3.20. The van der Waals surface area contributed by atoms with Gasteiger partial charge < -0.3 is 0 Å². The number of pyridine rings is 1. The molecule has 0 saturated carbocycles. The van der Waals surface area contributed by atoms with Crippen molar-refractivity contribution < 1.29 is 4.21 Å². The molecule has 0 saturated heterocycles. The number of hydrogen-bond donors (Lipinski definition) is 0. The van der Waals surface area contributed by atoms with Gasteiger partial charge in [-0.1, -0.05) is 23.2 Å². The predicted molar refractivity (Wildman–Crippen MR) is 71.9 cm³/mol. The molecule has 0 aliphatic heterocycles. The highest BCUT2D eigenvalue weighted by Crippen LogP contribution is 2.20. The highest BCUT2D eigenvalue weighted by molar-refractivity contribution is 7.83. The minimum atomic E-state index is -1.06. The molecule has 0 radical (unpaired) electrons.